The maximum atomic E-state index is 6.38. The zero-order valence-electron chi connectivity index (χ0n) is 15.8. The fourth-order valence-electron chi connectivity index (χ4n) is 3.50. The summed E-state index contributed by atoms with van der Waals surface area (Å²) in [7, 11) is 0. The van der Waals surface area contributed by atoms with Crippen LogP contribution in [0.3, 0.4) is 0 Å². The van der Waals surface area contributed by atoms with Crippen LogP contribution in [-0.4, -0.2) is 26.0 Å². The first kappa shape index (κ1) is 16.8. The van der Waals surface area contributed by atoms with Gasteiger partial charge >= 0.3 is 0 Å². The molecule has 134 valence electrons. The van der Waals surface area contributed by atoms with Crippen molar-refractivity contribution in [3.63, 3.8) is 0 Å². The van der Waals surface area contributed by atoms with Crippen molar-refractivity contribution in [3.05, 3.63) is 59.0 Å². The van der Waals surface area contributed by atoms with Gasteiger partial charge in [0.25, 0.3) is 0 Å². The van der Waals surface area contributed by atoms with Crippen LogP contribution in [0.25, 0.3) is 5.65 Å². The number of ether oxygens (including phenoxy) is 1. The van der Waals surface area contributed by atoms with Crippen molar-refractivity contribution in [1.29, 1.82) is 0 Å². The van der Waals surface area contributed by atoms with E-state index in [9.17, 15) is 0 Å². The van der Waals surface area contributed by atoms with Gasteiger partial charge in [-0.1, -0.05) is 25.5 Å². The molecule has 3 aromatic rings. The maximum Gasteiger partial charge on any atom is 0.198 e. The Labute approximate surface area is 153 Å². The molecular formula is C21H24N4O. The van der Waals surface area contributed by atoms with Gasteiger partial charge in [0.15, 0.2) is 11.4 Å². The van der Waals surface area contributed by atoms with E-state index in [2.05, 4.69) is 43.0 Å². The van der Waals surface area contributed by atoms with Gasteiger partial charge in [-0.3, -0.25) is 0 Å². The average Bonchev–Trinajstić information content (AvgIpc) is 3.06. The Hall–Kier alpha value is -2.69. The third kappa shape index (κ3) is 2.68. The van der Waals surface area contributed by atoms with Gasteiger partial charge in [0, 0.05) is 18.2 Å². The van der Waals surface area contributed by atoms with E-state index < -0.39 is 5.72 Å². The fourth-order valence-corrected chi connectivity index (χ4v) is 3.50. The minimum atomic E-state index is -0.571. The standard InChI is InChI=1S/C21H24N4O/c1-5-6-11-21(4)24-18(16-9-7-8-14(2)19(16)26-21)17-13-22-20-15(3)10-12-23-25(17)20/h7-10,12-13H,5-6,11H2,1-4H3. The van der Waals surface area contributed by atoms with Gasteiger partial charge in [-0.2, -0.15) is 5.10 Å². The summed E-state index contributed by atoms with van der Waals surface area (Å²) in [6, 6.07) is 8.17. The third-order valence-corrected chi connectivity index (χ3v) is 4.97. The number of fused-ring (bicyclic) bond motifs is 2. The summed E-state index contributed by atoms with van der Waals surface area (Å²) in [5.41, 5.74) is 5.32. The Bertz CT molecular complexity index is 1000. The number of aromatic nitrogens is 3. The van der Waals surface area contributed by atoms with E-state index in [0.717, 1.165) is 58.8 Å². The van der Waals surface area contributed by atoms with E-state index in [0.29, 0.717) is 0 Å². The molecule has 0 amide bonds. The molecule has 5 nitrogen and oxygen atoms in total. The highest BCUT2D eigenvalue weighted by Crippen LogP contribution is 2.37. The van der Waals surface area contributed by atoms with E-state index in [1.807, 2.05) is 29.8 Å². The molecule has 2 aromatic heterocycles. The quantitative estimate of drug-likeness (QED) is 0.698. The molecule has 0 fully saturated rings. The number of imidazole rings is 1. The number of aryl methyl sites for hydroxylation is 2. The topological polar surface area (TPSA) is 51.8 Å². The third-order valence-electron chi connectivity index (χ3n) is 4.97. The number of aliphatic imine (C=N–C) groups is 1. The molecule has 1 aromatic carbocycles. The van der Waals surface area contributed by atoms with Gasteiger partial charge in [0.2, 0.25) is 0 Å². The van der Waals surface area contributed by atoms with Crippen molar-refractivity contribution in [2.75, 3.05) is 0 Å². The highest BCUT2D eigenvalue weighted by Gasteiger charge is 2.34. The van der Waals surface area contributed by atoms with Crippen LogP contribution < -0.4 is 4.74 Å². The summed E-state index contributed by atoms with van der Waals surface area (Å²) in [4.78, 5) is 9.63. The summed E-state index contributed by atoms with van der Waals surface area (Å²) in [5.74, 6) is 0.915. The van der Waals surface area contributed by atoms with E-state index in [1.54, 1.807) is 6.20 Å². The molecule has 1 aliphatic rings. The number of rotatable bonds is 4. The van der Waals surface area contributed by atoms with E-state index in [4.69, 9.17) is 9.73 Å². The number of benzene rings is 1. The number of para-hydroxylation sites is 1. The van der Waals surface area contributed by atoms with Gasteiger partial charge in [0.05, 0.1) is 6.20 Å². The molecule has 0 saturated carbocycles. The van der Waals surface area contributed by atoms with Crippen molar-refractivity contribution in [2.24, 2.45) is 4.99 Å². The van der Waals surface area contributed by atoms with Crippen LogP contribution in [0.4, 0.5) is 0 Å². The van der Waals surface area contributed by atoms with E-state index in [1.165, 1.54) is 0 Å². The Balaban J connectivity index is 1.94. The minimum Gasteiger partial charge on any atom is -0.466 e. The monoisotopic (exact) mass is 348 g/mol. The van der Waals surface area contributed by atoms with Crippen molar-refractivity contribution >= 4 is 11.4 Å². The average molecular weight is 348 g/mol. The molecule has 1 atom stereocenters. The largest absolute Gasteiger partial charge is 0.466 e. The van der Waals surface area contributed by atoms with Crippen LogP contribution in [0, 0.1) is 13.8 Å². The van der Waals surface area contributed by atoms with Crippen molar-refractivity contribution in [1.82, 2.24) is 14.6 Å². The summed E-state index contributed by atoms with van der Waals surface area (Å²) in [5, 5.41) is 4.51. The molecule has 3 heterocycles. The van der Waals surface area contributed by atoms with Crippen LogP contribution >= 0.6 is 0 Å². The molecular weight excluding hydrogens is 324 g/mol. The second kappa shape index (κ2) is 6.24. The Morgan fingerprint density at radius 2 is 2.00 bits per heavy atom. The van der Waals surface area contributed by atoms with E-state index in [-0.39, 0.29) is 0 Å². The van der Waals surface area contributed by atoms with Crippen LogP contribution in [0.1, 0.15) is 55.5 Å². The smallest absolute Gasteiger partial charge is 0.198 e. The lowest BCUT2D eigenvalue weighted by molar-refractivity contribution is 0.0813. The van der Waals surface area contributed by atoms with Crippen LogP contribution in [0.5, 0.6) is 5.75 Å². The first-order chi connectivity index (χ1) is 12.5. The van der Waals surface area contributed by atoms with Crippen molar-refractivity contribution < 1.29 is 4.74 Å². The van der Waals surface area contributed by atoms with Gasteiger partial charge < -0.3 is 4.74 Å². The SMILES string of the molecule is CCCCC1(C)N=C(c2cnc3c(C)ccnn23)c2cccc(C)c2O1. The molecule has 0 aliphatic carbocycles. The molecule has 0 saturated heterocycles. The predicted octanol–water partition coefficient (Wildman–Crippen LogP) is 4.48. The van der Waals surface area contributed by atoms with Crippen LogP contribution in [-0.2, 0) is 0 Å². The lowest BCUT2D eigenvalue weighted by Gasteiger charge is -2.34. The van der Waals surface area contributed by atoms with Gasteiger partial charge in [-0.05, 0) is 50.5 Å². The second-order valence-corrected chi connectivity index (χ2v) is 7.19. The molecule has 0 radical (unpaired) electrons. The molecule has 0 bridgehead atoms. The van der Waals surface area contributed by atoms with Crippen LogP contribution in [0.15, 0.2) is 41.7 Å². The minimum absolute atomic E-state index is 0.571. The molecule has 1 aliphatic heterocycles. The van der Waals surface area contributed by atoms with Crippen LogP contribution in [0.2, 0.25) is 0 Å². The summed E-state index contributed by atoms with van der Waals surface area (Å²) in [6.07, 6.45) is 6.73. The second-order valence-electron chi connectivity index (χ2n) is 7.19. The number of unbranched alkanes of at least 4 members (excludes halogenated alkanes) is 1. The lowest BCUT2D eigenvalue weighted by Crippen LogP contribution is -2.36. The highest BCUT2D eigenvalue weighted by molar-refractivity contribution is 6.14. The molecule has 0 spiro atoms. The van der Waals surface area contributed by atoms with Gasteiger partial charge in [0.1, 0.15) is 17.2 Å². The number of hydrogen-bond donors (Lipinski definition) is 0. The van der Waals surface area contributed by atoms with Gasteiger partial charge in [-0.15, -0.1) is 0 Å². The van der Waals surface area contributed by atoms with Gasteiger partial charge in [-0.25, -0.2) is 14.5 Å². The van der Waals surface area contributed by atoms with E-state index >= 15 is 0 Å². The normalized spacial score (nSPS) is 19.2. The predicted molar refractivity (Wildman–Crippen MR) is 103 cm³/mol. The molecule has 4 rings (SSSR count). The van der Waals surface area contributed by atoms with Crippen molar-refractivity contribution in [2.45, 2.75) is 52.7 Å². The Morgan fingerprint density at radius 3 is 2.81 bits per heavy atom. The summed E-state index contributed by atoms with van der Waals surface area (Å²) < 4.78 is 8.26. The maximum absolute atomic E-state index is 6.38. The Morgan fingerprint density at radius 1 is 1.15 bits per heavy atom. The molecule has 1 unspecified atom stereocenters. The first-order valence-electron chi connectivity index (χ1n) is 9.21. The zero-order chi connectivity index (χ0) is 18.3. The number of nitrogens with zero attached hydrogens (tertiary/aromatic N) is 4. The summed E-state index contributed by atoms with van der Waals surface area (Å²) in [6.45, 7) is 8.38. The van der Waals surface area contributed by atoms with Crippen molar-refractivity contribution in [3.8, 4) is 5.75 Å². The summed E-state index contributed by atoms with van der Waals surface area (Å²) >= 11 is 0. The highest BCUT2D eigenvalue weighted by atomic mass is 16.5. The number of hydrogen-bond acceptors (Lipinski definition) is 4. The molecule has 5 heteroatoms. The molecule has 26 heavy (non-hydrogen) atoms. The lowest BCUT2D eigenvalue weighted by atomic mass is 9.98. The zero-order valence-corrected chi connectivity index (χ0v) is 15.8. The Kier molecular flexibility index (Phi) is 4.02. The molecule has 0 N–H and O–H groups in total. The first-order valence-corrected chi connectivity index (χ1v) is 9.21. The fraction of sp³-hybridized carbons (Fsp3) is 0.381.